The number of rotatable bonds is 7. The van der Waals surface area contributed by atoms with Gasteiger partial charge in [-0.05, 0) is 38.3 Å². The second kappa shape index (κ2) is 6.51. The zero-order chi connectivity index (χ0) is 14.6. The summed E-state index contributed by atoms with van der Waals surface area (Å²) in [6.07, 6.45) is 6.54. The highest BCUT2D eigenvalue weighted by Crippen LogP contribution is 2.39. The molecule has 1 aliphatic carbocycles. The van der Waals surface area contributed by atoms with Crippen LogP contribution >= 0.6 is 11.8 Å². The lowest BCUT2D eigenvalue weighted by molar-refractivity contribution is 0.403. The van der Waals surface area contributed by atoms with Gasteiger partial charge in [0.25, 0.3) is 10.0 Å². The molecule has 1 fully saturated rings. The maximum absolute atomic E-state index is 12.2. The van der Waals surface area contributed by atoms with Gasteiger partial charge in [0.2, 0.25) is 5.09 Å². The number of hydrogen-bond acceptors (Lipinski definition) is 5. The molecular weight excluding hydrogens is 296 g/mol. The lowest BCUT2D eigenvalue weighted by Crippen LogP contribution is -2.38. The van der Waals surface area contributed by atoms with E-state index in [1.165, 1.54) is 18.9 Å². The fourth-order valence-electron chi connectivity index (χ4n) is 2.54. The van der Waals surface area contributed by atoms with Crippen molar-refractivity contribution in [3.63, 3.8) is 0 Å². The van der Waals surface area contributed by atoms with Crippen molar-refractivity contribution in [1.82, 2.24) is 10.0 Å². The van der Waals surface area contributed by atoms with E-state index in [2.05, 4.69) is 16.3 Å². The SMILES string of the molecule is CNCc1ccc(S(=O)(=O)NCC2(SC)CCCC2)o1. The Kier molecular flexibility index (Phi) is 5.17. The van der Waals surface area contributed by atoms with Gasteiger partial charge in [0, 0.05) is 11.3 Å². The van der Waals surface area contributed by atoms with Gasteiger partial charge in [-0.15, -0.1) is 0 Å². The monoisotopic (exact) mass is 318 g/mol. The molecule has 0 spiro atoms. The number of nitrogens with one attached hydrogen (secondary N) is 2. The molecule has 0 saturated heterocycles. The van der Waals surface area contributed by atoms with Gasteiger partial charge in [0.1, 0.15) is 5.76 Å². The molecule has 0 unspecified atom stereocenters. The van der Waals surface area contributed by atoms with E-state index in [0.29, 0.717) is 18.8 Å². The van der Waals surface area contributed by atoms with Crippen LogP contribution in [0.3, 0.4) is 0 Å². The molecule has 2 N–H and O–H groups in total. The molecule has 5 nitrogen and oxygen atoms in total. The van der Waals surface area contributed by atoms with Crippen LogP contribution in [0.15, 0.2) is 21.6 Å². The molecule has 1 aliphatic rings. The van der Waals surface area contributed by atoms with Gasteiger partial charge in [0.15, 0.2) is 0 Å². The van der Waals surface area contributed by atoms with Gasteiger partial charge in [-0.2, -0.15) is 11.8 Å². The second-order valence-corrected chi connectivity index (χ2v) is 8.14. The normalized spacial score (nSPS) is 18.5. The number of furan rings is 1. The van der Waals surface area contributed by atoms with Crippen LogP contribution in [0, 0.1) is 0 Å². The third kappa shape index (κ3) is 3.58. The summed E-state index contributed by atoms with van der Waals surface area (Å²) in [6.45, 7) is 0.989. The minimum Gasteiger partial charge on any atom is -0.447 e. The molecular formula is C13H22N2O3S2. The molecule has 0 atom stereocenters. The Labute approximate surface area is 124 Å². The van der Waals surface area contributed by atoms with E-state index >= 15 is 0 Å². The van der Waals surface area contributed by atoms with Crippen LogP contribution in [0.2, 0.25) is 0 Å². The van der Waals surface area contributed by atoms with Crippen LogP contribution in [0.4, 0.5) is 0 Å². The molecule has 1 saturated carbocycles. The van der Waals surface area contributed by atoms with Crippen molar-refractivity contribution in [2.45, 2.75) is 42.1 Å². The standard InChI is InChI=1S/C13H22N2O3S2/c1-14-9-11-5-6-12(18-11)20(16,17)15-10-13(19-2)7-3-4-8-13/h5-6,14-15H,3-4,7-10H2,1-2H3. The Hall–Kier alpha value is -0.500. The lowest BCUT2D eigenvalue weighted by Gasteiger charge is -2.26. The summed E-state index contributed by atoms with van der Waals surface area (Å²) in [5.41, 5.74) is 0. The van der Waals surface area contributed by atoms with E-state index in [1.54, 1.807) is 24.9 Å². The van der Waals surface area contributed by atoms with Crippen molar-refractivity contribution in [3.05, 3.63) is 17.9 Å². The first kappa shape index (κ1) is 15.9. The van der Waals surface area contributed by atoms with Crippen LogP contribution in [0.1, 0.15) is 31.4 Å². The Balaban J connectivity index is 2.03. The fraction of sp³-hybridized carbons (Fsp3) is 0.692. The van der Waals surface area contributed by atoms with Crippen molar-refractivity contribution in [2.24, 2.45) is 0 Å². The summed E-state index contributed by atoms with van der Waals surface area (Å²) < 4.78 is 32.6. The average molecular weight is 318 g/mol. The Morgan fingerprint density at radius 1 is 1.35 bits per heavy atom. The third-order valence-electron chi connectivity index (χ3n) is 3.79. The molecule has 7 heteroatoms. The van der Waals surface area contributed by atoms with E-state index in [4.69, 9.17) is 4.42 Å². The lowest BCUT2D eigenvalue weighted by atomic mass is 10.1. The maximum atomic E-state index is 12.2. The molecule has 0 aromatic carbocycles. The largest absolute Gasteiger partial charge is 0.447 e. The van der Waals surface area contributed by atoms with Gasteiger partial charge < -0.3 is 9.73 Å². The van der Waals surface area contributed by atoms with Crippen molar-refractivity contribution in [3.8, 4) is 0 Å². The fourth-order valence-corrected chi connectivity index (χ4v) is 4.62. The zero-order valence-electron chi connectivity index (χ0n) is 11.9. The van der Waals surface area contributed by atoms with Crippen molar-refractivity contribution in [1.29, 1.82) is 0 Å². The highest BCUT2D eigenvalue weighted by atomic mass is 32.2. The first-order chi connectivity index (χ1) is 9.51. The summed E-state index contributed by atoms with van der Waals surface area (Å²) in [7, 11) is -1.76. The van der Waals surface area contributed by atoms with Crippen molar-refractivity contribution < 1.29 is 12.8 Å². The van der Waals surface area contributed by atoms with Crippen molar-refractivity contribution in [2.75, 3.05) is 19.8 Å². The molecule has 2 rings (SSSR count). The van der Waals surface area contributed by atoms with E-state index < -0.39 is 10.0 Å². The minimum atomic E-state index is -3.55. The topological polar surface area (TPSA) is 71.3 Å². The summed E-state index contributed by atoms with van der Waals surface area (Å²) >= 11 is 1.76. The van der Waals surface area contributed by atoms with Gasteiger partial charge in [-0.3, -0.25) is 0 Å². The molecule has 0 bridgehead atoms. The molecule has 1 aromatic heterocycles. The van der Waals surface area contributed by atoms with Crippen LogP contribution in [-0.2, 0) is 16.6 Å². The Bertz CT molecular complexity index is 534. The predicted molar refractivity (Wildman–Crippen MR) is 81.4 cm³/mol. The van der Waals surface area contributed by atoms with Crippen LogP contribution in [-0.4, -0.2) is 33.0 Å². The predicted octanol–water partition coefficient (Wildman–Crippen LogP) is 1.95. The van der Waals surface area contributed by atoms with Gasteiger partial charge in [-0.1, -0.05) is 12.8 Å². The smallest absolute Gasteiger partial charge is 0.274 e. The Morgan fingerprint density at radius 3 is 2.65 bits per heavy atom. The molecule has 20 heavy (non-hydrogen) atoms. The van der Waals surface area contributed by atoms with Crippen LogP contribution in [0.25, 0.3) is 0 Å². The molecule has 1 aromatic rings. The van der Waals surface area contributed by atoms with Gasteiger partial charge in [0.05, 0.1) is 6.54 Å². The number of thioether (sulfide) groups is 1. The third-order valence-corrected chi connectivity index (χ3v) is 6.48. The first-order valence-corrected chi connectivity index (χ1v) is 9.50. The molecule has 0 amide bonds. The molecule has 0 radical (unpaired) electrons. The molecule has 1 heterocycles. The summed E-state index contributed by atoms with van der Waals surface area (Å²) in [6, 6.07) is 3.19. The Morgan fingerprint density at radius 2 is 2.05 bits per heavy atom. The highest BCUT2D eigenvalue weighted by Gasteiger charge is 2.34. The molecule has 0 aliphatic heterocycles. The molecule has 114 valence electrons. The van der Waals surface area contributed by atoms with E-state index in [-0.39, 0.29) is 9.84 Å². The van der Waals surface area contributed by atoms with E-state index in [0.717, 1.165) is 12.8 Å². The van der Waals surface area contributed by atoms with Gasteiger partial charge >= 0.3 is 0 Å². The van der Waals surface area contributed by atoms with Gasteiger partial charge in [-0.25, -0.2) is 13.1 Å². The second-order valence-electron chi connectivity index (χ2n) is 5.17. The number of hydrogen-bond donors (Lipinski definition) is 2. The first-order valence-electron chi connectivity index (χ1n) is 6.79. The highest BCUT2D eigenvalue weighted by molar-refractivity contribution is 8.00. The zero-order valence-corrected chi connectivity index (χ0v) is 13.6. The minimum absolute atomic E-state index is 0.00278. The van der Waals surface area contributed by atoms with Crippen LogP contribution in [0.5, 0.6) is 0 Å². The summed E-state index contributed by atoms with van der Waals surface area (Å²) in [5.74, 6) is 0.619. The average Bonchev–Trinajstić information content (AvgIpc) is 3.07. The van der Waals surface area contributed by atoms with Crippen molar-refractivity contribution >= 4 is 21.8 Å². The quantitative estimate of drug-likeness (QED) is 0.804. The summed E-state index contributed by atoms with van der Waals surface area (Å²) in [5, 5.41) is 2.93. The van der Waals surface area contributed by atoms with E-state index in [1.807, 2.05) is 0 Å². The van der Waals surface area contributed by atoms with Crippen LogP contribution < -0.4 is 10.0 Å². The van der Waals surface area contributed by atoms with E-state index in [9.17, 15) is 8.42 Å². The number of sulfonamides is 1. The maximum Gasteiger partial charge on any atom is 0.274 e. The summed E-state index contributed by atoms with van der Waals surface area (Å²) in [4.78, 5) is 0.